The average molecular weight is 156 g/mol. The van der Waals surface area contributed by atoms with Gasteiger partial charge in [0.15, 0.2) is 0 Å². The van der Waals surface area contributed by atoms with E-state index in [0.717, 1.165) is 0 Å². The van der Waals surface area contributed by atoms with E-state index >= 15 is 0 Å². The number of rotatable bonds is 2. The quantitative estimate of drug-likeness (QED) is 0.524. The van der Waals surface area contributed by atoms with Crippen LogP contribution in [-0.2, 0) is 0 Å². The van der Waals surface area contributed by atoms with Crippen molar-refractivity contribution in [3.8, 4) is 0 Å². The van der Waals surface area contributed by atoms with Crippen molar-refractivity contribution < 1.29 is 0 Å². The van der Waals surface area contributed by atoms with Crippen LogP contribution in [0.3, 0.4) is 0 Å². The molecule has 0 radical (unpaired) electrons. The second-order valence-electron chi connectivity index (χ2n) is 3.68. The van der Waals surface area contributed by atoms with Crippen molar-refractivity contribution >= 4 is 0 Å². The molecule has 0 heteroatoms. The summed E-state index contributed by atoms with van der Waals surface area (Å²) in [7, 11) is 0. The highest BCUT2D eigenvalue weighted by Gasteiger charge is 2.03. The maximum Gasteiger partial charge on any atom is -0.0260 e. The summed E-state index contributed by atoms with van der Waals surface area (Å²) in [6.45, 7) is 13.5. The van der Waals surface area contributed by atoms with Crippen LogP contribution in [-0.4, -0.2) is 0 Å². The highest BCUT2D eigenvalue weighted by molar-refractivity contribution is 5.13. The maximum absolute atomic E-state index is 2.25. The standard InChI is InChI=1S/C10H20.CH4/c1-7(2)9(5)10(6)8(3)4;/h7-8H,1-6H3;1H4/b10-9+;. The first kappa shape index (κ1) is 13.3. The van der Waals surface area contributed by atoms with Gasteiger partial charge in [-0.25, -0.2) is 0 Å². The zero-order valence-electron chi connectivity index (χ0n) is 8.15. The zero-order chi connectivity index (χ0) is 8.31. The molecule has 0 amide bonds. The molecule has 11 heavy (non-hydrogen) atoms. The molecule has 0 bridgehead atoms. The van der Waals surface area contributed by atoms with E-state index < -0.39 is 0 Å². The minimum Gasteiger partial charge on any atom is -0.0776 e. The van der Waals surface area contributed by atoms with E-state index in [-0.39, 0.29) is 7.43 Å². The third-order valence-corrected chi connectivity index (χ3v) is 2.35. The Kier molecular flexibility index (Phi) is 6.55. The van der Waals surface area contributed by atoms with Gasteiger partial charge >= 0.3 is 0 Å². The van der Waals surface area contributed by atoms with E-state index in [2.05, 4.69) is 41.5 Å². The summed E-state index contributed by atoms with van der Waals surface area (Å²) >= 11 is 0. The number of allylic oxidation sites excluding steroid dienone is 2. The second-order valence-corrected chi connectivity index (χ2v) is 3.68. The smallest absolute Gasteiger partial charge is 0.0260 e. The molecule has 0 nitrogen and oxygen atoms in total. The van der Waals surface area contributed by atoms with Crippen LogP contribution in [0, 0.1) is 11.8 Å². The Labute approximate surface area is 72.7 Å². The Morgan fingerprint density at radius 1 is 0.727 bits per heavy atom. The average Bonchev–Trinajstić information content (AvgIpc) is 1.84. The molecule has 0 aromatic carbocycles. The van der Waals surface area contributed by atoms with E-state index in [1.165, 1.54) is 0 Å². The normalized spacial score (nSPS) is 13.1. The molecule has 0 spiro atoms. The molecule has 0 aliphatic carbocycles. The van der Waals surface area contributed by atoms with Gasteiger partial charge in [-0.2, -0.15) is 0 Å². The van der Waals surface area contributed by atoms with Crippen LogP contribution in [0.2, 0.25) is 0 Å². The highest BCUT2D eigenvalue weighted by Crippen LogP contribution is 2.19. The van der Waals surface area contributed by atoms with Crippen molar-refractivity contribution in [3.63, 3.8) is 0 Å². The maximum atomic E-state index is 2.25. The van der Waals surface area contributed by atoms with Crippen LogP contribution in [0.15, 0.2) is 11.1 Å². The summed E-state index contributed by atoms with van der Waals surface area (Å²) in [5.74, 6) is 1.42. The summed E-state index contributed by atoms with van der Waals surface area (Å²) < 4.78 is 0. The molecule has 0 rings (SSSR count). The van der Waals surface area contributed by atoms with Crippen LogP contribution in [0.25, 0.3) is 0 Å². The Hall–Kier alpha value is -0.260. The lowest BCUT2D eigenvalue weighted by Gasteiger charge is -2.13. The molecule has 0 aliphatic rings. The third-order valence-electron chi connectivity index (χ3n) is 2.35. The van der Waals surface area contributed by atoms with Gasteiger partial charge in [-0.15, -0.1) is 0 Å². The molecule has 0 aromatic heterocycles. The lowest BCUT2D eigenvalue weighted by molar-refractivity contribution is 0.691. The first-order chi connectivity index (χ1) is 4.46. The van der Waals surface area contributed by atoms with Crippen molar-refractivity contribution in [3.05, 3.63) is 11.1 Å². The van der Waals surface area contributed by atoms with E-state index in [9.17, 15) is 0 Å². The Morgan fingerprint density at radius 3 is 1.00 bits per heavy atom. The van der Waals surface area contributed by atoms with Gasteiger partial charge in [-0.1, -0.05) is 46.3 Å². The fourth-order valence-electron chi connectivity index (χ4n) is 0.911. The molecule has 0 fully saturated rings. The van der Waals surface area contributed by atoms with Crippen LogP contribution >= 0.6 is 0 Å². The molecule has 0 saturated carbocycles. The molecule has 0 unspecified atom stereocenters. The van der Waals surface area contributed by atoms with Gasteiger partial charge in [0.25, 0.3) is 0 Å². The largest absolute Gasteiger partial charge is 0.0776 e. The Balaban J connectivity index is 0. The second kappa shape index (κ2) is 5.40. The highest BCUT2D eigenvalue weighted by atomic mass is 14.1. The van der Waals surface area contributed by atoms with Crippen molar-refractivity contribution in [1.82, 2.24) is 0 Å². The van der Waals surface area contributed by atoms with E-state index in [1.54, 1.807) is 11.1 Å². The lowest BCUT2D eigenvalue weighted by Crippen LogP contribution is -1.98. The van der Waals surface area contributed by atoms with Crippen LogP contribution in [0.1, 0.15) is 49.0 Å². The SMILES string of the molecule is C.C/C(=C(/C)C(C)C)C(C)C. The van der Waals surface area contributed by atoms with Crippen LogP contribution < -0.4 is 0 Å². The van der Waals surface area contributed by atoms with Gasteiger partial charge < -0.3 is 0 Å². The van der Waals surface area contributed by atoms with Gasteiger partial charge in [-0.05, 0) is 25.7 Å². The molecular formula is C11H24. The minimum atomic E-state index is 0. The summed E-state index contributed by atoms with van der Waals surface area (Å²) in [4.78, 5) is 0. The van der Waals surface area contributed by atoms with Crippen molar-refractivity contribution in [2.24, 2.45) is 11.8 Å². The molecule has 0 heterocycles. The topological polar surface area (TPSA) is 0 Å². The fourth-order valence-corrected chi connectivity index (χ4v) is 0.911. The molecular weight excluding hydrogens is 132 g/mol. The van der Waals surface area contributed by atoms with Crippen LogP contribution in [0.5, 0.6) is 0 Å². The summed E-state index contributed by atoms with van der Waals surface area (Å²) in [6.07, 6.45) is 0. The zero-order valence-corrected chi connectivity index (χ0v) is 8.15. The van der Waals surface area contributed by atoms with Crippen molar-refractivity contribution in [2.45, 2.75) is 49.0 Å². The van der Waals surface area contributed by atoms with E-state index in [4.69, 9.17) is 0 Å². The van der Waals surface area contributed by atoms with Gasteiger partial charge in [-0.3, -0.25) is 0 Å². The van der Waals surface area contributed by atoms with Gasteiger partial charge in [0, 0.05) is 0 Å². The minimum absolute atomic E-state index is 0. The number of hydrogen-bond acceptors (Lipinski definition) is 0. The van der Waals surface area contributed by atoms with Gasteiger partial charge in [0.1, 0.15) is 0 Å². The Bertz CT molecular complexity index is 111. The summed E-state index contributed by atoms with van der Waals surface area (Å²) in [5.41, 5.74) is 3.10. The molecule has 0 saturated heterocycles. The van der Waals surface area contributed by atoms with E-state index in [1.807, 2.05) is 0 Å². The predicted octanol–water partition coefficient (Wildman–Crippen LogP) is 4.27. The molecule has 0 atom stereocenters. The monoisotopic (exact) mass is 156 g/mol. The first-order valence-electron chi connectivity index (χ1n) is 4.14. The van der Waals surface area contributed by atoms with Crippen LogP contribution in [0.4, 0.5) is 0 Å². The summed E-state index contributed by atoms with van der Waals surface area (Å²) in [6, 6.07) is 0. The predicted molar refractivity (Wildman–Crippen MR) is 54.8 cm³/mol. The van der Waals surface area contributed by atoms with E-state index in [0.29, 0.717) is 11.8 Å². The molecule has 0 aromatic rings. The lowest BCUT2D eigenvalue weighted by atomic mass is 9.93. The molecule has 68 valence electrons. The molecule has 0 aliphatic heterocycles. The number of hydrogen-bond donors (Lipinski definition) is 0. The Morgan fingerprint density at radius 2 is 0.909 bits per heavy atom. The first-order valence-corrected chi connectivity index (χ1v) is 4.14. The summed E-state index contributed by atoms with van der Waals surface area (Å²) in [5, 5.41) is 0. The van der Waals surface area contributed by atoms with Gasteiger partial charge in [0.05, 0.1) is 0 Å². The van der Waals surface area contributed by atoms with Crippen molar-refractivity contribution in [1.29, 1.82) is 0 Å². The third kappa shape index (κ3) is 4.23. The van der Waals surface area contributed by atoms with Gasteiger partial charge in [0.2, 0.25) is 0 Å². The molecule has 0 N–H and O–H groups in total. The van der Waals surface area contributed by atoms with Crippen molar-refractivity contribution in [2.75, 3.05) is 0 Å². The fraction of sp³-hybridized carbons (Fsp3) is 0.818.